The molecule has 0 atom stereocenters. The minimum atomic E-state index is -4.24. The van der Waals surface area contributed by atoms with Crippen LogP contribution in [-0.2, 0) is 11.2 Å². The number of ether oxygens (including phenoxy) is 1. The molecule has 0 amide bonds. The molecule has 4 aromatic carbocycles. The molecule has 2 heterocycles. The van der Waals surface area contributed by atoms with Gasteiger partial charge in [0.1, 0.15) is 0 Å². The second-order valence-corrected chi connectivity index (χ2v) is 9.69. The van der Waals surface area contributed by atoms with Crippen LogP contribution in [0.2, 0.25) is 0 Å². The summed E-state index contributed by atoms with van der Waals surface area (Å²) in [6, 6.07) is 28.8. The third-order valence-corrected chi connectivity index (χ3v) is 6.86. The van der Waals surface area contributed by atoms with Crippen molar-refractivity contribution in [2.75, 3.05) is 7.11 Å². The minimum absolute atomic E-state index is 0.219. The lowest BCUT2D eigenvalue weighted by molar-refractivity contribution is -0.127. The van der Waals surface area contributed by atoms with Crippen molar-refractivity contribution in [2.45, 2.75) is 12.6 Å². The van der Waals surface area contributed by atoms with Crippen molar-refractivity contribution < 1.29 is 22.7 Å². The second-order valence-electron chi connectivity index (χ2n) is 9.69. The number of hydrogen-bond donors (Lipinski definition) is 0. The van der Waals surface area contributed by atoms with Gasteiger partial charge < -0.3 is 4.74 Å². The number of alkyl halides is 3. The number of halogens is 3. The maximum Gasteiger partial charge on any atom is 0.393 e. The van der Waals surface area contributed by atoms with Gasteiger partial charge in [-0.2, -0.15) is 18.3 Å². The Bertz CT molecular complexity index is 1900. The van der Waals surface area contributed by atoms with Crippen LogP contribution in [0.3, 0.4) is 0 Å². The highest BCUT2D eigenvalue weighted by Crippen LogP contribution is 2.32. The van der Waals surface area contributed by atoms with E-state index < -0.39 is 18.6 Å². The van der Waals surface area contributed by atoms with E-state index in [-0.39, 0.29) is 5.56 Å². The summed E-state index contributed by atoms with van der Waals surface area (Å²) in [6.07, 6.45) is -1.92. The monoisotopic (exact) mass is 564 g/mol. The highest BCUT2D eigenvalue weighted by atomic mass is 19.4. The van der Waals surface area contributed by atoms with Crippen molar-refractivity contribution in [1.29, 1.82) is 0 Å². The van der Waals surface area contributed by atoms with Gasteiger partial charge in [0.25, 0.3) is 0 Å². The van der Waals surface area contributed by atoms with E-state index in [1.54, 1.807) is 47.4 Å². The molecule has 0 spiro atoms. The fourth-order valence-corrected chi connectivity index (χ4v) is 4.81. The summed E-state index contributed by atoms with van der Waals surface area (Å²) in [4.78, 5) is 21.0. The van der Waals surface area contributed by atoms with Crippen LogP contribution in [0.5, 0.6) is 0 Å². The number of benzene rings is 4. The topological polar surface area (TPSA) is 69.9 Å². The molecule has 6 aromatic rings. The van der Waals surface area contributed by atoms with E-state index >= 15 is 0 Å². The molecule has 0 aliphatic rings. The van der Waals surface area contributed by atoms with Crippen molar-refractivity contribution in [3.05, 3.63) is 121 Å². The van der Waals surface area contributed by atoms with Gasteiger partial charge in [-0.25, -0.2) is 9.48 Å². The molecule has 2 aromatic heterocycles. The summed E-state index contributed by atoms with van der Waals surface area (Å²) in [6.45, 7) is 0. The van der Waals surface area contributed by atoms with Crippen LogP contribution in [0.1, 0.15) is 15.9 Å². The molecule has 208 valence electrons. The number of esters is 1. The number of hydrogen-bond acceptors (Lipinski definition) is 5. The van der Waals surface area contributed by atoms with E-state index in [1.165, 1.54) is 19.2 Å². The largest absolute Gasteiger partial charge is 0.465 e. The van der Waals surface area contributed by atoms with Gasteiger partial charge in [-0.05, 0) is 53.1 Å². The summed E-state index contributed by atoms with van der Waals surface area (Å²) in [7, 11) is 1.34. The van der Waals surface area contributed by atoms with E-state index in [0.717, 1.165) is 39.0 Å². The Balaban J connectivity index is 1.39. The fourth-order valence-electron chi connectivity index (χ4n) is 4.81. The van der Waals surface area contributed by atoms with Crippen molar-refractivity contribution in [3.63, 3.8) is 0 Å². The van der Waals surface area contributed by atoms with Gasteiger partial charge in [-0.1, -0.05) is 60.7 Å². The van der Waals surface area contributed by atoms with Crippen molar-refractivity contribution in [3.8, 4) is 39.3 Å². The Hall–Kier alpha value is -5.31. The van der Waals surface area contributed by atoms with Crippen LogP contribution >= 0.6 is 0 Å². The van der Waals surface area contributed by atoms with Gasteiger partial charge in [0, 0.05) is 23.5 Å². The van der Waals surface area contributed by atoms with E-state index in [2.05, 4.69) is 9.97 Å². The first-order chi connectivity index (χ1) is 20.3. The first-order valence-electron chi connectivity index (χ1n) is 13.0. The molecule has 6 nitrogen and oxygen atoms in total. The summed E-state index contributed by atoms with van der Waals surface area (Å²) < 4.78 is 44.8. The van der Waals surface area contributed by atoms with Gasteiger partial charge in [0.15, 0.2) is 0 Å². The first kappa shape index (κ1) is 26.9. The highest BCUT2D eigenvalue weighted by Gasteiger charge is 2.27. The molecular weight excluding hydrogens is 541 g/mol. The lowest BCUT2D eigenvalue weighted by Crippen LogP contribution is -2.11. The highest BCUT2D eigenvalue weighted by molar-refractivity contribution is 5.90. The number of nitrogens with zero attached hydrogens (tertiary/aromatic N) is 4. The quantitative estimate of drug-likeness (QED) is 0.194. The molecule has 0 unspecified atom stereocenters. The molecule has 42 heavy (non-hydrogen) atoms. The molecule has 6 rings (SSSR count). The van der Waals surface area contributed by atoms with Crippen LogP contribution in [0.15, 0.2) is 109 Å². The normalized spacial score (nSPS) is 11.5. The molecule has 9 heteroatoms. The van der Waals surface area contributed by atoms with Crippen LogP contribution < -0.4 is 0 Å². The average Bonchev–Trinajstić information content (AvgIpc) is 3.46. The Morgan fingerprint density at radius 2 is 1.40 bits per heavy atom. The Morgan fingerprint density at radius 1 is 0.762 bits per heavy atom. The number of rotatable bonds is 6. The molecule has 0 aliphatic carbocycles. The summed E-state index contributed by atoms with van der Waals surface area (Å²) >= 11 is 0. The van der Waals surface area contributed by atoms with Crippen LogP contribution in [0.25, 0.3) is 50.4 Å². The van der Waals surface area contributed by atoms with E-state index in [9.17, 15) is 18.0 Å². The van der Waals surface area contributed by atoms with Crippen molar-refractivity contribution in [2.24, 2.45) is 0 Å². The molecule has 0 bridgehead atoms. The molecule has 0 N–H and O–H groups in total. The van der Waals surface area contributed by atoms with Gasteiger partial charge in [-0.3, -0.25) is 9.97 Å². The Kier molecular flexibility index (Phi) is 7.00. The number of fused-ring (bicyclic) bond motifs is 1. The zero-order valence-electron chi connectivity index (χ0n) is 22.3. The molecule has 0 aliphatic heterocycles. The minimum Gasteiger partial charge on any atom is -0.465 e. The molecular formula is C33H23F3N4O2. The molecule has 0 fully saturated rings. The third-order valence-electron chi connectivity index (χ3n) is 6.86. The standard InChI is InChI=1S/C33H23F3N4O2/c1-42-32(41)26-3-2-4-27(17-26)40-31(25-13-14-28-30(18-25)38-16-15-37-28)19-29(39-40)24-11-9-23(10-12-24)22-7-5-21(6-8-22)20-33(34,35)36/h2-19H,20H2,1H3. The van der Waals surface area contributed by atoms with Crippen molar-refractivity contribution >= 4 is 17.0 Å². The smallest absolute Gasteiger partial charge is 0.393 e. The van der Waals surface area contributed by atoms with Crippen LogP contribution in [0.4, 0.5) is 13.2 Å². The van der Waals surface area contributed by atoms with Crippen molar-refractivity contribution in [1.82, 2.24) is 19.7 Å². The molecule has 0 radical (unpaired) electrons. The number of aromatic nitrogens is 4. The number of carbonyl (C=O) groups excluding carboxylic acids is 1. The van der Waals surface area contributed by atoms with E-state index in [0.29, 0.717) is 16.9 Å². The number of methoxy groups -OCH3 is 1. The molecule has 0 saturated carbocycles. The fraction of sp³-hybridized carbons (Fsp3) is 0.0909. The van der Waals surface area contributed by atoms with Gasteiger partial charge >= 0.3 is 12.1 Å². The lowest BCUT2D eigenvalue weighted by Gasteiger charge is -2.09. The van der Waals surface area contributed by atoms with Crippen LogP contribution in [0, 0.1) is 0 Å². The number of carbonyl (C=O) groups is 1. The molecule has 0 saturated heterocycles. The third kappa shape index (κ3) is 5.62. The predicted molar refractivity (Wildman–Crippen MR) is 154 cm³/mol. The lowest BCUT2D eigenvalue weighted by atomic mass is 10.0. The van der Waals surface area contributed by atoms with E-state index in [1.807, 2.05) is 54.6 Å². The van der Waals surface area contributed by atoms with Gasteiger partial charge in [0.2, 0.25) is 0 Å². The Morgan fingerprint density at radius 3 is 2.10 bits per heavy atom. The van der Waals surface area contributed by atoms with Crippen LogP contribution in [-0.4, -0.2) is 39.0 Å². The summed E-state index contributed by atoms with van der Waals surface area (Å²) in [5, 5.41) is 4.90. The zero-order valence-corrected chi connectivity index (χ0v) is 22.3. The van der Waals surface area contributed by atoms with Gasteiger partial charge in [-0.15, -0.1) is 0 Å². The second kappa shape index (κ2) is 10.9. The zero-order chi connectivity index (χ0) is 29.3. The summed E-state index contributed by atoms with van der Waals surface area (Å²) in [5.74, 6) is -0.450. The first-order valence-corrected chi connectivity index (χ1v) is 13.0. The van der Waals surface area contributed by atoms with Gasteiger partial charge in [0.05, 0.1) is 47.2 Å². The van der Waals surface area contributed by atoms with E-state index in [4.69, 9.17) is 9.84 Å². The Labute approximate surface area is 239 Å². The maximum absolute atomic E-state index is 12.7. The predicted octanol–water partition coefficient (Wildman–Crippen LogP) is 7.71. The summed E-state index contributed by atoms with van der Waals surface area (Å²) in [5.41, 5.74) is 7.66. The SMILES string of the molecule is COC(=O)c1cccc(-n2nc(-c3ccc(-c4ccc(CC(F)(F)F)cc4)cc3)cc2-c2ccc3nccnc3c2)c1. The maximum atomic E-state index is 12.7. The average molecular weight is 565 g/mol.